The molecule has 0 fully saturated rings. The van der Waals surface area contributed by atoms with Crippen LogP contribution in [0.25, 0.3) is 0 Å². The minimum Gasteiger partial charge on any atom is -0.354 e. The summed E-state index contributed by atoms with van der Waals surface area (Å²) in [6.07, 6.45) is 1.08. The summed E-state index contributed by atoms with van der Waals surface area (Å²) in [4.78, 5) is 6.52. The number of nitrogens with zero attached hydrogens (tertiary/aromatic N) is 2. The summed E-state index contributed by atoms with van der Waals surface area (Å²) in [5.74, 6) is 0.864. The lowest BCUT2D eigenvalue weighted by atomic mass is 10.0. The maximum Gasteiger partial charge on any atom is 0.191 e. The van der Waals surface area contributed by atoms with Gasteiger partial charge in [-0.1, -0.05) is 36.8 Å². The highest BCUT2D eigenvalue weighted by molar-refractivity contribution is 5.79. The fourth-order valence-corrected chi connectivity index (χ4v) is 2.11. The normalized spacial score (nSPS) is 14.9. The van der Waals surface area contributed by atoms with Crippen LogP contribution in [0.4, 0.5) is 0 Å². The van der Waals surface area contributed by atoms with Crippen LogP contribution in [0.5, 0.6) is 0 Å². The average Bonchev–Trinajstić information content (AvgIpc) is 2.47. The zero-order valence-electron chi connectivity index (χ0n) is 14.3. The molecule has 0 spiro atoms. The summed E-state index contributed by atoms with van der Waals surface area (Å²) in [6, 6.07) is 9.48. The van der Waals surface area contributed by atoms with Crippen molar-refractivity contribution >= 4 is 5.96 Å². The van der Waals surface area contributed by atoms with E-state index in [2.05, 4.69) is 79.7 Å². The minimum atomic E-state index is 0.320. The van der Waals surface area contributed by atoms with Gasteiger partial charge in [0.05, 0.1) is 6.04 Å². The van der Waals surface area contributed by atoms with Gasteiger partial charge in [0.15, 0.2) is 5.96 Å². The van der Waals surface area contributed by atoms with Crippen LogP contribution in [0, 0.1) is 6.92 Å². The molecule has 0 heterocycles. The quantitative estimate of drug-likeness (QED) is 0.625. The van der Waals surface area contributed by atoms with Crippen molar-refractivity contribution in [1.82, 2.24) is 15.5 Å². The SMILES string of the molecule is CCC(C)NC(=NC)NCC(c1ccc(C)cc1)N(C)C. The van der Waals surface area contributed by atoms with E-state index in [1.54, 1.807) is 0 Å². The van der Waals surface area contributed by atoms with E-state index in [0.29, 0.717) is 12.1 Å². The fourth-order valence-electron chi connectivity index (χ4n) is 2.11. The van der Waals surface area contributed by atoms with E-state index < -0.39 is 0 Å². The van der Waals surface area contributed by atoms with Crippen molar-refractivity contribution in [3.63, 3.8) is 0 Å². The predicted octanol–water partition coefficient (Wildman–Crippen LogP) is 2.56. The Balaban J connectivity index is 2.69. The van der Waals surface area contributed by atoms with Gasteiger partial charge in [-0.25, -0.2) is 0 Å². The molecule has 0 aliphatic carbocycles. The Kier molecular flexibility index (Phi) is 7.23. The number of benzene rings is 1. The third-order valence-electron chi connectivity index (χ3n) is 3.77. The largest absolute Gasteiger partial charge is 0.354 e. The highest BCUT2D eigenvalue weighted by atomic mass is 15.2. The van der Waals surface area contributed by atoms with Crippen molar-refractivity contribution < 1.29 is 0 Å². The van der Waals surface area contributed by atoms with Crippen molar-refractivity contribution in [1.29, 1.82) is 0 Å². The molecule has 0 aromatic heterocycles. The molecule has 0 amide bonds. The second-order valence-electron chi connectivity index (χ2n) is 5.80. The average molecular weight is 290 g/mol. The Hall–Kier alpha value is -1.55. The Bertz CT molecular complexity index is 437. The molecular weight excluding hydrogens is 260 g/mol. The van der Waals surface area contributed by atoms with Crippen molar-refractivity contribution in [3.05, 3.63) is 35.4 Å². The summed E-state index contributed by atoms with van der Waals surface area (Å²) in [7, 11) is 6.03. The molecule has 2 unspecified atom stereocenters. The molecule has 0 saturated carbocycles. The standard InChI is InChI=1S/C17H30N4/c1-7-14(3)20-17(18-4)19-12-16(21(5)6)15-10-8-13(2)9-11-15/h8-11,14,16H,7,12H2,1-6H3,(H2,18,19,20). The lowest BCUT2D eigenvalue weighted by molar-refractivity contribution is 0.298. The number of aliphatic imine (C=N–C) groups is 1. The fraction of sp³-hybridized carbons (Fsp3) is 0.588. The van der Waals surface area contributed by atoms with Crippen LogP contribution in [0.2, 0.25) is 0 Å². The number of guanidine groups is 1. The van der Waals surface area contributed by atoms with Gasteiger partial charge in [0, 0.05) is 19.6 Å². The molecule has 0 bridgehead atoms. The van der Waals surface area contributed by atoms with E-state index in [4.69, 9.17) is 0 Å². The van der Waals surface area contributed by atoms with E-state index in [0.717, 1.165) is 18.9 Å². The van der Waals surface area contributed by atoms with Crippen LogP contribution < -0.4 is 10.6 Å². The molecule has 0 aliphatic rings. The molecule has 4 nitrogen and oxygen atoms in total. The predicted molar refractivity (Wildman–Crippen MR) is 91.9 cm³/mol. The molecule has 0 radical (unpaired) electrons. The maximum absolute atomic E-state index is 4.29. The Labute approximate surface area is 129 Å². The van der Waals surface area contributed by atoms with E-state index in [1.165, 1.54) is 11.1 Å². The summed E-state index contributed by atoms with van der Waals surface area (Å²) < 4.78 is 0. The van der Waals surface area contributed by atoms with Crippen LogP contribution in [-0.4, -0.2) is 44.6 Å². The van der Waals surface area contributed by atoms with Gasteiger partial charge in [0.1, 0.15) is 0 Å². The molecule has 0 aliphatic heterocycles. The van der Waals surface area contributed by atoms with Crippen LogP contribution in [-0.2, 0) is 0 Å². The zero-order valence-corrected chi connectivity index (χ0v) is 14.3. The third kappa shape index (κ3) is 5.76. The van der Waals surface area contributed by atoms with E-state index in [-0.39, 0.29) is 0 Å². The van der Waals surface area contributed by atoms with Gasteiger partial charge >= 0.3 is 0 Å². The molecule has 21 heavy (non-hydrogen) atoms. The van der Waals surface area contributed by atoms with Crippen LogP contribution in [0.3, 0.4) is 0 Å². The molecule has 2 atom stereocenters. The maximum atomic E-state index is 4.29. The first kappa shape index (κ1) is 17.5. The van der Waals surface area contributed by atoms with E-state index in [9.17, 15) is 0 Å². The van der Waals surface area contributed by atoms with Crippen LogP contribution in [0.15, 0.2) is 29.3 Å². The van der Waals surface area contributed by atoms with Gasteiger partial charge in [0.25, 0.3) is 0 Å². The number of hydrogen-bond acceptors (Lipinski definition) is 2. The van der Waals surface area contributed by atoms with Gasteiger partial charge in [0.2, 0.25) is 0 Å². The summed E-state index contributed by atoms with van der Waals surface area (Å²) in [5.41, 5.74) is 2.61. The molecule has 1 aromatic carbocycles. The van der Waals surface area contributed by atoms with Gasteiger partial charge in [-0.2, -0.15) is 0 Å². The number of hydrogen-bond donors (Lipinski definition) is 2. The summed E-state index contributed by atoms with van der Waals surface area (Å²) in [5, 5.41) is 6.82. The van der Waals surface area contributed by atoms with Crippen LogP contribution in [0.1, 0.15) is 37.4 Å². The lowest BCUT2D eigenvalue weighted by Crippen LogP contribution is -2.44. The van der Waals surface area contributed by atoms with Crippen molar-refractivity contribution in [2.75, 3.05) is 27.7 Å². The topological polar surface area (TPSA) is 39.7 Å². The Morgan fingerprint density at radius 2 is 1.86 bits per heavy atom. The van der Waals surface area contributed by atoms with Gasteiger partial charge in [-0.3, -0.25) is 4.99 Å². The zero-order chi connectivity index (χ0) is 15.8. The van der Waals surface area contributed by atoms with Crippen molar-refractivity contribution in [2.24, 2.45) is 4.99 Å². The number of aryl methyl sites for hydroxylation is 1. The second-order valence-corrected chi connectivity index (χ2v) is 5.80. The lowest BCUT2D eigenvalue weighted by Gasteiger charge is -2.26. The first-order chi connectivity index (χ1) is 9.97. The molecule has 0 saturated heterocycles. The van der Waals surface area contributed by atoms with Crippen molar-refractivity contribution in [2.45, 2.75) is 39.3 Å². The molecule has 2 N–H and O–H groups in total. The Morgan fingerprint density at radius 3 is 2.33 bits per heavy atom. The van der Waals surface area contributed by atoms with Gasteiger partial charge < -0.3 is 15.5 Å². The number of rotatable bonds is 6. The minimum absolute atomic E-state index is 0.320. The van der Waals surface area contributed by atoms with Gasteiger partial charge in [-0.05, 0) is 39.9 Å². The summed E-state index contributed by atoms with van der Waals surface area (Å²) >= 11 is 0. The molecule has 1 rings (SSSR count). The number of nitrogens with one attached hydrogen (secondary N) is 2. The molecule has 118 valence electrons. The smallest absolute Gasteiger partial charge is 0.191 e. The van der Waals surface area contributed by atoms with Crippen LogP contribution >= 0.6 is 0 Å². The first-order valence-corrected chi connectivity index (χ1v) is 7.68. The highest BCUT2D eigenvalue weighted by Gasteiger charge is 2.14. The monoisotopic (exact) mass is 290 g/mol. The van der Waals surface area contributed by atoms with E-state index >= 15 is 0 Å². The number of likely N-dealkylation sites (N-methyl/N-ethyl adjacent to an activating group) is 1. The molecular formula is C17H30N4. The first-order valence-electron chi connectivity index (χ1n) is 7.68. The third-order valence-corrected chi connectivity index (χ3v) is 3.77. The van der Waals surface area contributed by atoms with Gasteiger partial charge in [-0.15, -0.1) is 0 Å². The summed E-state index contributed by atoms with van der Waals surface area (Å²) in [6.45, 7) is 7.27. The highest BCUT2D eigenvalue weighted by Crippen LogP contribution is 2.17. The van der Waals surface area contributed by atoms with E-state index in [1.807, 2.05) is 7.05 Å². The van der Waals surface area contributed by atoms with Crippen molar-refractivity contribution in [3.8, 4) is 0 Å². The molecule has 1 aromatic rings. The Morgan fingerprint density at radius 1 is 1.24 bits per heavy atom. The second kappa shape index (κ2) is 8.67. The molecule has 4 heteroatoms.